The average molecular weight is 291 g/mol. The summed E-state index contributed by atoms with van der Waals surface area (Å²) in [6.07, 6.45) is 2.24. The molecule has 0 aliphatic rings. The van der Waals surface area contributed by atoms with Gasteiger partial charge in [0.25, 0.3) is 5.91 Å². The largest absolute Gasteiger partial charge is 0.489 e. The predicted molar refractivity (Wildman–Crippen MR) is 80.5 cm³/mol. The smallest absolute Gasteiger partial charge is 0.326 e. The molecule has 1 aromatic carbocycles. The first-order valence-electron chi connectivity index (χ1n) is 6.87. The highest BCUT2D eigenvalue weighted by atomic mass is 16.5. The maximum atomic E-state index is 12.3. The highest BCUT2D eigenvalue weighted by molar-refractivity contribution is 5.98. The molecule has 0 fully saturated rings. The predicted octanol–water partition coefficient (Wildman–Crippen LogP) is 2.48. The van der Waals surface area contributed by atoms with Gasteiger partial charge in [-0.2, -0.15) is 0 Å². The Balaban J connectivity index is 2.92. The minimum Gasteiger partial charge on any atom is -0.489 e. The number of hydrogen-bond acceptors (Lipinski definition) is 3. The Morgan fingerprint density at radius 3 is 2.67 bits per heavy atom. The number of ether oxygens (including phenoxy) is 1. The number of benzene rings is 1. The Labute approximate surface area is 124 Å². The standard InChI is InChI=1S/C16H21NO4/c1-4-10-21-13-9-7-6-8-12(13)15(18)17-14(16(19)20)11(3)5-2/h4,6-9,11,14H,1,5,10H2,2-3H3,(H,17,18)(H,19,20)/t11-,14-/m0/s1. The summed E-state index contributed by atoms with van der Waals surface area (Å²) in [5.41, 5.74) is 0.314. The van der Waals surface area contributed by atoms with Crippen molar-refractivity contribution >= 4 is 11.9 Å². The third kappa shape index (κ3) is 4.63. The van der Waals surface area contributed by atoms with Gasteiger partial charge in [-0.1, -0.05) is 45.1 Å². The van der Waals surface area contributed by atoms with Gasteiger partial charge in [0.2, 0.25) is 0 Å². The van der Waals surface area contributed by atoms with E-state index in [1.54, 1.807) is 37.3 Å². The fraction of sp³-hybridized carbons (Fsp3) is 0.375. The molecule has 2 atom stereocenters. The van der Waals surface area contributed by atoms with Crippen LogP contribution in [0.4, 0.5) is 0 Å². The third-order valence-corrected chi connectivity index (χ3v) is 3.25. The SMILES string of the molecule is C=CCOc1ccccc1C(=O)N[C@H](C(=O)O)[C@@H](C)CC. The van der Waals surface area contributed by atoms with E-state index >= 15 is 0 Å². The number of rotatable bonds is 8. The van der Waals surface area contributed by atoms with Gasteiger partial charge in [-0.15, -0.1) is 0 Å². The summed E-state index contributed by atoms with van der Waals surface area (Å²) in [5.74, 6) is -1.25. The van der Waals surface area contributed by atoms with E-state index in [-0.39, 0.29) is 12.5 Å². The van der Waals surface area contributed by atoms with Gasteiger partial charge < -0.3 is 15.2 Å². The molecule has 0 aromatic heterocycles. The summed E-state index contributed by atoms with van der Waals surface area (Å²) >= 11 is 0. The fourth-order valence-electron chi connectivity index (χ4n) is 1.83. The van der Waals surface area contributed by atoms with E-state index in [0.717, 1.165) is 0 Å². The van der Waals surface area contributed by atoms with Crippen molar-refractivity contribution < 1.29 is 19.4 Å². The quantitative estimate of drug-likeness (QED) is 0.721. The monoisotopic (exact) mass is 291 g/mol. The number of carbonyl (C=O) groups excluding carboxylic acids is 1. The van der Waals surface area contributed by atoms with E-state index in [4.69, 9.17) is 4.74 Å². The lowest BCUT2D eigenvalue weighted by atomic mass is 9.99. The number of amides is 1. The van der Waals surface area contributed by atoms with E-state index in [1.807, 2.05) is 6.92 Å². The second-order valence-electron chi connectivity index (χ2n) is 4.77. The second kappa shape index (κ2) is 8.09. The molecular weight excluding hydrogens is 270 g/mol. The van der Waals surface area contributed by atoms with Crippen LogP contribution >= 0.6 is 0 Å². The summed E-state index contributed by atoms with van der Waals surface area (Å²) in [5, 5.41) is 11.8. The fourth-order valence-corrected chi connectivity index (χ4v) is 1.83. The van der Waals surface area contributed by atoms with Crippen LogP contribution in [0.15, 0.2) is 36.9 Å². The number of hydrogen-bond donors (Lipinski definition) is 2. The third-order valence-electron chi connectivity index (χ3n) is 3.25. The number of carboxylic acid groups (broad SMARTS) is 1. The van der Waals surface area contributed by atoms with Crippen molar-refractivity contribution in [1.82, 2.24) is 5.32 Å². The molecule has 1 aromatic rings. The highest BCUT2D eigenvalue weighted by Crippen LogP contribution is 2.19. The number of para-hydroxylation sites is 1. The minimum atomic E-state index is -1.04. The molecular formula is C16H21NO4. The molecule has 0 spiro atoms. The van der Waals surface area contributed by atoms with E-state index in [1.165, 1.54) is 0 Å². The molecule has 0 heterocycles. The van der Waals surface area contributed by atoms with Crippen molar-refractivity contribution in [2.75, 3.05) is 6.61 Å². The summed E-state index contributed by atoms with van der Waals surface area (Å²) in [6, 6.07) is 5.79. The average Bonchev–Trinajstić information content (AvgIpc) is 2.49. The van der Waals surface area contributed by atoms with Crippen molar-refractivity contribution in [2.45, 2.75) is 26.3 Å². The molecule has 1 rings (SSSR count). The maximum Gasteiger partial charge on any atom is 0.326 e. The van der Waals surface area contributed by atoms with Gasteiger partial charge in [-0.05, 0) is 18.1 Å². The summed E-state index contributed by atoms with van der Waals surface area (Å²) < 4.78 is 5.41. The van der Waals surface area contributed by atoms with Crippen LogP contribution in [0.5, 0.6) is 5.75 Å². The summed E-state index contributed by atoms with van der Waals surface area (Å²) in [4.78, 5) is 23.5. The Morgan fingerprint density at radius 1 is 1.43 bits per heavy atom. The Kier molecular flexibility index (Phi) is 6.46. The molecule has 2 N–H and O–H groups in total. The van der Waals surface area contributed by atoms with Gasteiger partial charge in [0.1, 0.15) is 18.4 Å². The number of aliphatic carboxylic acids is 1. The molecule has 0 aliphatic carbocycles. The van der Waals surface area contributed by atoms with Gasteiger partial charge in [0, 0.05) is 0 Å². The van der Waals surface area contributed by atoms with Gasteiger partial charge in [0.05, 0.1) is 5.56 Å². The lowest BCUT2D eigenvalue weighted by molar-refractivity contribution is -0.140. The van der Waals surface area contributed by atoms with Crippen LogP contribution in [-0.2, 0) is 4.79 Å². The lowest BCUT2D eigenvalue weighted by Gasteiger charge is -2.20. The maximum absolute atomic E-state index is 12.3. The van der Waals surface area contributed by atoms with Gasteiger partial charge in [-0.3, -0.25) is 4.79 Å². The number of carbonyl (C=O) groups is 2. The molecule has 0 unspecified atom stereocenters. The van der Waals surface area contributed by atoms with Crippen LogP contribution in [0.3, 0.4) is 0 Å². The van der Waals surface area contributed by atoms with Crippen molar-refractivity contribution in [3.8, 4) is 5.75 Å². The molecule has 0 saturated heterocycles. The second-order valence-corrected chi connectivity index (χ2v) is 4.77. The van der Waals surface area contributed by atoms with E-state index in [0.29, 0.717) is 17.7 Å². The van der Waals surface area contributed by atoms with Crippen LogP contribution in [0.1, 0.15) is 30.6 Å². The van der Waals surface area contributed by atoms with Crippen LogP contribution in [0.25, 0.3) is 0 Å². The Bertz CT molecular complexity index is 513. The topological polar surface area (TPSA) is 75.6 Å². The Hall–Kier alpha value is -2.30. The number of nitrogens with one attached hydrogen (secondary N) is 1. The molecule has 0 saturated carbocycles. The van der Waals surface area contributed by atoms with Crippen molar-refractivity contribution in [2.24, 2.45) is 5.92 Å². The van der Waals surface area contributed by atoms with Gasteiger partial charge >= 0.3 is 5.97 Å². The van der Waals surface area contributed by atoms with Gasteiger partial charge in [-0.25, -0.2) is 4.79 Å². The van der Waals surface area contributed by atoms with Crippen molar-refractivity contribution in [3.05, 3.63) is 42.5 Å². The first kappa shape index (κ1) is 16.8. The molecule has 1 amide bonds. The van der Waals surface area contributed by atoms with E-state index < -0.39 is 17.9 Å². The minimum absolute atomic E-state index is 0.160. The molecule has 5 heteroatoms. The summed E-state index contributed by atoms with van der Waals surface area (Å²) in [6.45, 7) is 7.50. The van der Waals surface area contributed by atoms with Crippen LogP contribution < -0.4 is 10.1 Å². The highest BCUT2D eigenvalue weighted by Gasteiger charge is 2.26. The molecule has 5 nitrogen and oxygen atoms in total. The van der Waals surface area contributed by atoms with E-state index in [9.17, 15) is 14.7 Å². The first-order chi connectivity index (χ1) is 10.0. The zero-order chi connectivity index (χ0) is 15.8. The molecule has 114 valence electrons. The molecule has 21 heavy (non-hydrogen) atoms. The normalized spacial score (nSPS) is 13.0. The van der Waals surface area contributed by atoms with Crippen molar-refractivity contribution in [3.63, 3.8) is 0 Å². The zero-order valence-corrected chi connectivity index (χ0v) is 12.3. The van der Waals surface area contributed by atoms with Crippen LogP contribution in [0.2, 0.25) is 0 Å². The van der Waals surface area contributed by atoms with Gasteiger partial charge in [0.15, 0.2) is 0 Å². The van der Waals surface area contributed by atoms with Crippen LogP contribution in [-0.4, -0.2) is 29.6 Å². The molecule has 0 radical (unpaired) electrons. The van der Waals surface area contributed by atoms with Crippen LogP contribution in [0, 0.1) is 5.92 Å². The lowest BCUT2D eigenvalue weighted by Crippen LogP contribution is -2.45. The molecule has 0 aliphatic heterocycles. The zero-order valence-electron chi connectivity index (χ0n) is 12.3. The van der Waals surface area contributed by atoms with Crippen molar-refractivity contribution in [1.29, 1.82) is 0 Å². The number of carboxylic acids is 1. The summed E-state index contributed by atoms with van der Waals surface area (Å²) in [7, 11) is 0. The van der Waals surface area contributed by atoms with E-state index in [2.05, 4.69) is 11.9 Å². The first-order valence-corrected chi connectivity index (χ1v) is 6.87. The molecule has 0 bridgehead atoms. The Morgan fingerprint density at radius 2 is 2.10 bits per heavy atom.